The summed E-state index contributed by atoms with van der Waals surface area (Å²) in [6.45, 7) is 1.97. The number of hydrogen-bond donors (Lipinski definition) is 2. The Kier molecular flexibility index (Phi) is 3.82. The molecule has 6 heteroatoms. The molecule has 0 atom stereocenters. The smallest absolute Gasteiger partial charge is 0.273 e. The minimum Gasteiger partial charge on any atom is -0.439 e. The van der Waals surface area contributed by atoms with Crippen molar-refractivity contribution in [2.24, 2.45) is 0 Å². The number of benzene rings is 1. The summed E-state index contributed by atoms with van der Waals surface area (Å²) in [5.41, 5.74) is 2.15. The predicted molar refractivity (Wildman–Crippen MR) is 82.0 cm³/mol. The molecule has 0 aliphatic heterocycles. The number of anilines is 1. The average molecular weight is 294 g/mol. The van der Waals surface area contributed by atoms with Gasteiger partial charge in [0.05, 0.1) is 0 Å². The maximum absolute atomic E-state index is 11.9. The molecule has 3 rings (SSSR count). The maximum atomic E-state index is 11.9. The van der Waals surface area contributed by atoms with E-state index in [1.165, 1.54) is 6.20 Å². The minimum atomic E-state index is -0.244. The molecule has 0 spiro atoms. The highest BCUT2D eigenvalue weighted by Gasteiger charge is 2.07. The van der Waals surface area contributed by atoms with E-state index in [4.69, 9.17) is 4.74 Å². The van der Waals surface area contributed by atoms with E-state index < -0.39 is 0 Å². The van der Waals surface area contributed by atoms with Gasteiger partial charge in [0, 0.05) is 24.1 Å². The number of pyridine rings is 1. The quantitative estimate of drug-likeness (QED) is 0.774. The fourth-order valence-corrected chi connectivity index (χ4v) is 1.82. The first-order chi connectivity index (χ1) is 10.7. The summed E-state index contributed by atoms with van der Waals surface area (Å²) in [6.07, 6.45) is 3.27. The fourth-order valence-electron chi connectivity index (χ4n) is 1.82. The van der Waals surface area contributed by atoms with Crippen molar-refractivity contribution in [1.29, 1.82) is 0 Å². The highest BCUT2D eigenvalue weighted by atomic mass is 16.5. The molecule has 0 aliphatic rings. The average Bonchev–Trinajstić information content (AvgIpc) is 3.06. The zero-order valence-electron chi connectivity index (χ0n) is 11.9. The van der Waals surface area contributed by atoms with E-state index in [1.54, 1.807) is 36.5 Å². The number of nitrogens with zero attached hydrogens (tertiary/aromatic N) is 2. The van der Waals surface area contributed by atoms with Crippen LogP contribution in [0.4, 0.5) is 5.69 Å². The number of amides is 1. The summed E-state index contributed by atoms with van der Waals surface area (Å²) in [7, 11) is 0. The van der Waals surface area contributed by atoms with E-state index in [1.807, 2.05) is 19.1 Å². The van der Waals surface area contributed by atoms with Gasteiger partial charge in [0.15, 0.2) is 0 Å². The zero-order valence-corrected chi connectivity index (χ0v) is 11.9. The van der Waals surface area contributed by atoms with Crippen molar-refractivity contribution in [2.75, 3.05) is 5.32 Å². The normalized spacial score (nSPS) is 10.2. The van der Waals surface area contributed by atoms with Crippen LogP contribution in [0.1, 0.15) is 16.1 Å². The first-order valence-electron chi connectivity index (χ1n) is 6.72. The van der Waals surface area contributed by atoms with Crippen molar-refractivity contribution in [3.63, 3.8) is 0 Å². The standard InChI is InChI=1S/C16H14N4O2/c1-11-2-7-15(17-10-11)22-13-5-3-12(4-6-13)19-16(21)14-8-9-18-20-14/h2-10H,1H3,(H,18,20)(H,19,21). The molecule has 0 aliphatic carbocycles. The highest BCUT2D eigenvalue weighted by Crippen LogP contribution is 2.21. The molecule has 0 bridgehead atoms. The number of ether oxygens (including phenoxy) is 1. The molecule has 2 N–H and O–H groups in total. The minimum absolute atomic E-state index is 0.244. The molecule has 1 aromatic carbocycles. The SMILES string of the molecule is Cc1ccc(Oc2ccc(NC(=O)c3ccn[nH]3)cc2)nc1. The van der Waals surface area contributed by atoms with Crippen molar-refractivity contribution >= 4 is 11.6 Å². The van der Waals surface area contributed by atoms with E-state index in [-0.39, 0.29) is 5.91 Å². The molecular weight excluding hydrogens is 280 g/mol. The molecule has 2 heterocycles. The summed E-state index contributed by atoms with van der Waals surface area (Å²) in [5.74, 6) is 0.933. The van der Waals surface area contributed by atoms with Crippen LogP contribution in [0.15, 0.2) is 54.9 Å². The van der Waals surface area contributed by atoms with Crippen LogP contribution in [-0.4, -0.2) is 21.1 Å². The Morgan fingerprint density at radius 1 is 1.14 bits per heavy atom. The number of H-pyrrole nitrogens is 1. The first-order valence-corrected chi connectivity index (χ1v) is 6.72. The number of aromatic nitrogens is 3. The Morgan fingerprint density at radius 3 is 2.59 bits per heavy atom. The molecule has 22 heavy (non-hydrogen) atoms. The van der Waals surface area contributed by atoms with Gasteiger partial charge in [-0.15, -0.1) is 0 Å². The van der Waals surface area contributed by atoms with Crippen molar-refractivity contribution in [2.45, 2.75) is 6.92 Å². The van der Waals surface area contributed by atoms with Crippen LogP contribution in [0.5, 0.6) is 11.6 Å². The second-order valence-corrected chi connectivity index (χ2v) is 4.72. The lowest BCUT2D eigenvalue weighted by molar-refractivity contribution is 0.102. The third-order valence-electron chi connectivity index (χ3n) is 2.96. The van der Waals surface area contributed by atoms with Crippen LogP contribution in [0, 0.1) is 6.92 Å². The lowest BCUT2D eigenvalue weighted by atomic mass is 10.3. The van der Waals surface area contributed by atoms with Crippen molar-refractivity contribution < 1.29 is 9.53 Å². The third-order valence-corrected chi connectivity index (χ3v) is 2.96. The second-order valence-electron chi connectivity index (χ2n) is 4.72. The van der Waals surface area contributed by atoms with E-state index in [0.717, 1.165) is 5.56 Å². The van der Waals surface area contributed by atoms with E-state index >= 15 is 0 Å². The van der Waals surface area contributed by atoms with Gasteiger partial charge >= 0.3 is 0 Å². The van der Waals surface area contributed by atoms with Crippen LogP contribution >= 0.6 is 0 Å². The van der Waals surface area contributed by atoms with Gasteiger partial charge in [-0.1, -0.05) is 6.07 Å². The Balaban J connectivity index is 1.65. The zero-order chi connectivity index (χ0) is 15.4. The first kappa shape index (κ1) is 13.8. The fraction of sp³-hybridized carbons (Fsp3) is 0.0625. The van der Waals surface area contributed by atoms with Gasteiger partial charge in [-0.3, -0.25) is 9.89 Å². The van der Waals surface area contributed by atoms with E-state index in [2.05, 4.69) is 20.5 Å². The molecule has 110 valence electrons. The highest BCUT2D eigenvalue weighted by molar-refractivity contribution is 6.02. The van der Waals surface area contributed by atoms with Gasteiger partial charge in [-0.05, 0) is 42.8 Å². The molecule has 6 nitrogen and oxygen atoms in total. The van der Waals surface area contributed by atoms with Crippen molar-refractivity contribution in [1.82, 2.24) is 15.2 Å². The lowest BCUT2D eigenvalue weighted by Crippen LogP contribution is -2.12. The van der Waals surface area contributed by atoms with Crippen molar-refractivity contribution in [3.05, 3.63) is 66.1 Å². The van der Waals surface area contributed by atoms with Crippen LogP contribution < -0.4 is 10.1 Å². The molecule has 0 fully saturated rings. The molecule has 0 radical (unpaired) electrons. The number of aromatic amines is 1. The Bertz CT molecular complexity index is 750. The van der Waals surface area contributed by atoms with Crippen LogP contribution in [-0.2, 0) is 0 Å². The van der Waals surface area contributed by atoms with Gasteiger partial charge in [0.25, 0.3) is 5.91 Å². The molecule has 0 unspecified atom stereocenters. The number of carbonyl (C=O) groups is 1. The summed E-state index contributed by atoms with van der Waals surface area (Å²) >= 11 is 0. The number of aryl methyl sites for hydroxylation is 1. The number of carbonyl (C=O) groups excluding carboxylic acids is 1. The van der Waals surface area contributed by atoms with Crippen molar-refractivity contribution in [3.8, 4) is 11.6 Å². The lowest BCUT2D eigenvalue weighted by Gasteiger charge is -2.07. The summed E-state index contributed by atoms with van der Waals surface area (Å²) in [5, 5.41) is 9.11. The molecule has 3 aromatic rings. The Hall–Kier alpha value is -3.15. The number of nitrogens with one attached hydrogen (secondary N) is 2. The molecule has 1 amide bonds. The van der Waals surface area contributed by atoms with E-state index in [0.29, 0.717) is 23.0 Å². The third kappa shape index (κ3) is 3.29. The number of hydrogen-bond acceptors (Lipinski definition) is 4. The van der Waals surface area contributed by atoms with Gasteiger partial charge in [-0.25, -0.2) is 4.98 Å². The Labute approximate surface area is 127 Å². The summed E-state index contributed by atoms with van der Waals surface area (Å²) in [4.78, 5) is 16.0. The van der Waals surface area contributed by atoms with Crippen LogP contribution in [0.3, 0.4) is 0 Å². The van der Waals surface area contributed by atoms with Gasteiger partial charge in [-0.2, -0.15) is 5.10 Å². The largest absolute Gasteiger partial charge is 0.439 e. The van der Waals surface area contributed by atoms with Gasteiger partial charge in [0.2, 0.25) is 5.88 Å². The van der Waals surface area contributed by atoms with Crippen LogP contribution in [0.25, 0.3) is 0 Å². The molecular formula is C16H14N4O2. The van der Waals surface area contributed by atoms with Gasteiger partial charge in [0.1, 0.15) is 11.4 Å². The topological polar surface area (TPSA) is 79.9 Å². The molecule has 2 aromatic heterocycles. The summed E-state index contributed by atoms with van der Waals surface area (Å²) in [6, 6.07) is 12.4. The predicted octanol–water partition coefficient (Wildman–Crippen LogP) is 3.16. The van der Waals surface area contributed by atoms with Gasteiger partial charge < -0.3 is 10.1 Å². The van der Waals surface area contributed by atoms with Crippen LogP contribution in [0.2, 0.25) is 0 Å². The number of rotatable bonds is 4. The molecule has 0 saturated heterocycles. The monoisotopic (exact) mass is 294 g/mol. The molecule has 0 saturated carbocycles. The van der Waals surface area contributed by atoms with E-state index in [9.17, 15) is 4.79 Å². The summed E-state index contributed by atoms with van der Waals surface area (Å²) < 4.78 is 5.63. The Morgan fingerprint density at radius 2 is 1.95 bits per heavy atom. The second kappa shape index (κ2) is 6.09. The maximum Gasteiger partial charge on any atom is 0.273 e.